The Bertz CT molecular complexity index is 587. The molecule has 0 saturated carbocycles. The van der Waals surface area contributed by atoms with Crippen molar-refractivity contribution in [3.63, 3.8) is 0 Å². The molecule has 1 heterocycles. The summed E-state index contributed by atoms with van der Waals surface area (Å²) in [6, 6.07) is 5.68. The number of fused-ring (bicyclic) bond motifs is 1. The number of aliphatic hydroxyl groups excluding tert-OH is 1. The minimum Gasteiger partial charge on any atom is -0.506 e. The molecule has 1 aromatic heterocycles. The normalized spacial score (nSPS) is 10.2. The Morgan fingerprint density at radius 3 is 2.55 bits per heavy atom. The number of hydrogen-bond acceptors (Lipinski definition) is 6. The summed E-state index contributed by atoms with van der Waals surface area (Å²) in [5, 5.41) is 28.6. The molecule has 2 N–H and O–H groups in total. The summed E-state index contributed by atoms with van der Waals surface area (Å²) in [7, 11) is 3.85. The van der Waals surface area contributed by atoms with Crippen LogP contribution in [0.25, 0.3) is 10.9 Å². The monoisotopic (exact) mass is 279 g/mol. The van der Waals surface area contributed by atoms with Crippen LogP contribution in [-0.2, 0) is 0 Å². The highest BCUT2D eigenvalue weighted by molar-refractivity contribution is 5.91. The number of phenolic OH excluding ortho intramolecular Hbond substituents is 1. The lowest BCUT2D eigenvalue weighted by molar-refractivity contribution is -0.383. The van der Waals surface area contributed by atoms with Crippen molar-refractivity contribution in [2.75, 3.05) is 27.2 Å². The number of nitro benzene ring substituents is 1. The lowest BCUT2D eigenvalue weighted by Crippen LogP contribution is -2.15. The fraction of sp³-hybridized carbons (Fsp3) is 0.308. The second-order valence-corrected chi connectivity index (χ2v) is 4.29. The molecule has 0 amide bonds. The third-order valence-corrected chi connectivity index (χ3v) is 2.47. The molecule has 20 heavy (non-hydrogen) atoms. The van der Waals surface area contributed by atoms with Gasteiger partial charge in [-0.15, -0.1) is 0 Å². The molecule has 108 valence electrons. The average molecular weight is 279 g/mol. The molecule has 0 unspecified atom stereocenters. The maximum atomic E-state index is 10.6. The Morgan fingerprint density at radius 1 is 1.35 bits per heavy atom. The molecule has 7 nitrogen and oxygen atoms in total. The van der Waals surface area contributed by atoms with Gasteiger partial charge in [0.2, 0.25) is 0 Å². The van der Waals surface area contributed by atoms with E-state index < -0.39 is 4.92 Å². The molecule has 0 aliphatic carbocycles. The second kappa shape index (κ2) is 7.37. The van der Waals surface area contributed by atoms with Crippen LogP contribution in [0, 0.1) is 10.1 Å². The van der Waals surface area contributed by atoms with Crippen molar-refractivity contribution in [1.82, 2.24) is 9.88 Å². The number of hydrogen-bond donors (Lipinski definition) is 2. The third kappa shape index (κ3) is 4.15. The van der Waals surface area contributed by atoms with E-state index in [-0.39, 0.29) is 23.6 Å². The smallest absolute Gasteiger partial charge is 0.279 e. The van der Waals surface area contributed by atoms with E-state index in [1.807, 2.05) is 19.0 Å². The molecule has 1 aromatic carbocycles. The molecule has 0 aliphatic heterocycles. The zero-order valence-electron chi connectivity index (χ0n) is 11.4. The van der Waals surface area contributed by atoms with E-state index in [0.717, 1.165) is 6.54 Å². The van der Waals surface area contributed by atoms with Crippen LogP contribution in [0.1, 0.15) is 0 Å². The fourth-order valence-corrected chi connectivity index (χ4v) is 1.50. The van der Waals surface area contributed by atoms with E-state index >= 15 is 0 Å². The number of pyridine rings is 1. The van der Waals surface area contributed by atoms with E-state index in [1.54, 1.807) is 12.1 Å². The number of aliphatic hydroxyl groups is 1. The number of non-ortho nitro benzene ring substituents is 1. The van der Waals surface area contributed by atoms with Crippen LogP contribution in [0.2, 0.25) is 0 Å². The highest BCUT2D eigenvalue weighted by Gasteiger charge is 2.13. The van der Waals surface area contributed by atoms with Gasteiger partial charge in [-0.25, -0.2) is 0 Å². The Morgan fingerprint density at radius 2 is 2.05 bits per heavy atom. The van der Waals surface area contributed by atoms with Gasteiger partial charge in [0.1, 0.15) is 11.3 Å². The standard InChI is InChI=1S/C9H6N2O3.C4H11NO/c12-8-4-3-7(11(13)14)6-2-1-5-10-9(6)8;1-5(2)3-4-6/h1-5,12H;6H,3-4H2,1-2H3. The quantitative estimate of drug-likeness (QED) is 0.650. The van der Waals surface area contributed by atoms with Gasteiger partial charge in [-0.3, -0.25) is 15.1 Å². The predicted octanol–water partition coefficient (Wildman–Crippen LogP) is 1.39. The van der Waals surface area contributed by atoms with E-state index in [4.69, 9.17) is 5.11 Å². The van der Waals surface area contributed by atoms with Crippen molar-refractivity contribution in [3.05, 3.63) is 40.6 Å². The number of aromatic hydroxyl groups is 1. The highest BCUT2D eigenvalue weighted by Crippen LogP contribution is 2.29. The molecule has 0 spiro atoms. The first-order chi connectivity index (χ1) is 9.47. The van der Waals surface area contributed by atoms with Crippen LogP contribution in [0.3, 0.4) is 0 Å². The number of benzene rings is 1. The number of aromatic nitrogens is 1. The van der Waals surface area contributed by atoms with Crippen LogP contribution in [0.5, 0.6) is 5.75 Å². The van der Waals surface area contributed by atoms with Crippen LogP contribution in [0.4, 0.5) is 5.69 Å². The second-order valence-electron chi connectivity index (χ2n) is 4.29. The van der Waals surface area contributed by atoms with Crippen LogP contribution in [-0.4, -0.2) is 52.3 Å². The molecule has 0 saturated heterocycles. The minimum absolute atomic E-state index is 0.0498. The molecule has 7 heteroatoms. The highest BCUT2D eigenvalue weighted by atomic mass is 16.6. The molecule has 0 radical (unpaired) electrons. The topological polar surface area (TPSA) is 99.7 Å². The SMILES string of the molecule is CN(C)CCO.O=[N+]([O-])c1ccc(O)c2ncccc12. The van der Waals surface area contributed by atoms with Gasteiger partial charge in [0.25, 0.3) is 5.69 Å². The zero-order valence-corrected chi connectivity index (χ0v) is 11.4. The number of rotatable bonds is 3. The Hall–Kier alpha value is -2.25. The lowest BCUT2D eigenvalue weighted by atomic mass is 10.2. The fourth-order valence-electron chi connectivity index (χ4n) is 1.50. The van der Waals surface area contributed by atoms with Crippen molar-refractivity contribution >= 4 is 16.6 Å². The van der Waals surface area contributed by atoms with Gasteiger partial charge in [-0.1, -0.05) is 0 Å². The van der Waals surface area contributed by atoms with Gasteiger partial charge in [-0.05, 0) is 32.3 Å². The molecule has 2 aromatic rings. The van der Waals surface area contributed by atoms with Crippen LogP contribution >= 0.6 is 0 Å². The van der Waals surface area contributed by atoms with Crippen molar-refractivity contribution < 1.29 is 15.1 Å². The number of nitro groups is 1. The average Bonchev–Trinajstić information content (AvgIpc) is 2.39. The summed E-state index contributed by atoms with van der Waals surface area (Å²) in [5.74, 6) is -0.0498. The maximum absolute atomic E-state index is 10.6. The molecular weight excluding hydrogens is 262 g/mol. The van der Waals surface area contributed by atoms with E-state index in [2.05, 4.69) is 4.98 Å². The largest absolute Gasteiger partial charge is 0.506 e. The number of likely N-dealkylation sites (N-methyl/N-ethyl adjacent to an activating group) is 1. The summed E-state index contributed by atoms with van der Waals surface area (Å²) in [6.07, 6.45) is 1.48. The molecule has 0 aliphatic rings. The Labute approximate surface area is 116 Å². The first-order valence-electron chi connectivity index (χ1n) is 5.94. The molecule has 0 bridgehead atoms. The first-order valence-corrected chi connectivity index (χ1v) is 5.94. The van der Waals surface area contributed by atoms with Gasteiger partial charge >= 0.3 is 0 Å². The van der Waals surface area contributed by atoms with Gasteiger partial charge in [0.05, 0.1) is 16.9 Å². The lowest BCUT2D eigenvalue weighted by Gasteiger charge is -2.03. The van der Waals surface area contributed by atoms with Crippen molar-refractivity contribution in [1.29, 1.82) is 0 Å². The van der Waals surface area contributed by atoms with Gasteiger partial charge in [0.15, 0.2) is 0 Å². The molecule has 0 atom stereocenters. The molecular formula is C13H17N3O4. The third-order valence-electron chi connectivity index (χ3n) is 2.47. The van der Waals surface area contributed by atoms with Crippen molar-refractivity contribution in [3.8, 4) is 5.75 Å². The van der Waals surface area contributed by atoms with Gasteiger partial charge in [0, 0.05) is 18.8 Å². The summed E-state index contributed by atoms with van der Waals surface area (Å²) in [4.78, 5) is 15.9. The molecule has 2 rings (SSSR count). The maximum Gasteiger partial charge on any atom is 0.279 e. The van der Waals surface area contributed by atoms with E-state index in [0.29, 0.717) is 5.39 Å². The zero-order chi connectivity index (χ0) is 15.1. The summed E-state index contributed by atoms with van der Waals surface area (Å²) in [5.41, 5.74) is 0.201. The van der Waals surface area contributed by atoms with Crippen molar-refractivity contribution in [2.24, 2.45) is 0 Å². The minimum atomic E-state index is -0.497. The summed E-state index contributed by atoms with van der Waals surface area (Å²) in [6.45, 7) is 1.02. The number of phenols is 1. The first kappa shape index (κ1) is 15.8. The Balaban J connectivity index is 0.000000286. The van der Waals surface area contributed by atoms with Crippen LogP contribution < -0.4 is 0 Å². The summed E-state index contributed by atoms with van der Waals surface area (Å²) < 4.78 is 0. The van der Waals surface area contributed by atoms with E-state index in [9.17, 15) is 15.2 Å². The van der Waals surface area contributed by atoms with Gasteiger partial charge < -0.3 is 15.1 Å². The van der Waals surface area contributed by atoms with E-state index in [1.165, 1.54) is 18.3 Å². The van der Waals surface area contributed by atoms with Gasteiger partial charge in [-0.2, -0.15) is 0 Å². The number of nitrogens with zero attached hydrogens (tertiary/aromatic N) is 3. The Kier molecular flexibility index (Phi) is 5.82. The predicted molar refractivity (Wildman–Crippen MR) is 75.7 cm³/mol. The molecule has 0 fully saturated rings. The van der Waals surface area contributed by atoms with Crippen LogP contribution in [0.15, 0.2) is 30.5 Å². The van der Waals surface area contributed by atoms with Crippen molar-refractivity contribution in [2.45, 2.75) is 0 Å². The summed E-state index contributed by atoms with van der Waals surface area (Å²) >= 11 is 0.